The summed E-state index contributed by atoms with van der Waals surface area (Å²) >= 11 is 0. The molecule has 26 heavy (non-hydrogen) atoms. The van der Waals surface area contributed by atoms with Crippen molar-refractivity contribution in [2.75, 3.05) is 13.1 Å². The van der Waals surface area contributed by atoms with Crippen molar-refractivity contribution in [1.29, 1.82) is 0 Å². The lowest BCUT2D eigenvalue weighted by Crippen LogP contribution is -2.35. The van der Waals surface area contributed by atoms with Gasteiger partial charge in [0.15, 0.2) is 6.10 Å². The molecule has 0 radical (unpaired) electrons. The molecule has 1 aliphatic rings. The number of pyridine rings is 1. The molecule has 1 N–H and O–H groups in total. The van der Waals surface area contributed by atoms with Crippen LogP contribution in [-0.4, -0.2) is 47.4 Å². The average molecular weight is 352 g/mol. The molecule has 0 aliphatic carbocycles. The van der Waals surface area contributed by atoms with Gasteiger partial charge in [-0.25, -0.2) is 4.98 Å². The maximum absolute atomic E-state index is 10.6. The highest BCUT2D eigenvalue weighted by Gasteiger charge is 2.23. The molecule has 4 heterocycles. The summed E-state index contributed by atoms with van der Waals surface area (Å²) in [4.78, 5) is 11.2. The second-order valence-electron chi connectivity index (χ2n) is 6.88. The van der Waals surface area contributed by atoms with Crippen LogP contribution in [0.3, 0.4) is 0 Å². The van der Waals surface area contributed by atoms with E-state index in [0.29, 0.717) is 11.5 Å². The van der Waals surface area contributed by atoms with Crippen LogP contribution in [-0.2, 0) is 26.6 Å². The minimum Gasteiger partial charge on any atom is -0.379 e. The van der Waals surface area contributed by atoms with Gasteiger partial charge in [0.25, 0.3) is 0 Å². The fourth-order valence-corrected chi connectivity index (χ4v) is 3.45. The Kier molecular flexibility index (Phi) is 4.57. The molecule has 3 aromatic rings. The molecule has 3 aromatic heterocycles. The molecular weight excluding hydrogens is 328 g/mol. The van der Waals surface area contributed by atoms with Crippen molar-refractivity contribution in [1.82, 2.24) is 29.2 Å². The van der Waals surface area contributed by atoms with Crippen molar-refractivity contribution in [2.24, 2.45) is 7.05 Å². The molecule has 0 saturated heterocycles. The van der Waals surface area contributed by atoms with Crippen LogP contribution in [0, 0.1) is 6.92 Å². The Morgan fingerprint density at radius 3 is 2.92 bits per heavy atom. The lowest BCUT2D eigenvalue weighted by Gasteiger charge is -2.27. The minimum absolute atomic E-state index is 0.614. The van der Waals surface area contributed by atoms with Crippen LogP contribution in [0.4, 0.5) is 0 Å². The monoisotopic (exact) mass is 352 g/mol. The van der Waals surface area contributed by atoms with Crippen LogP contribution in [0.25, 0.3) is 0 Å². The second-order valence-corrected chi connectivity index (χ2v) is 6.88. The van der Waals surface area contributed by atoms with Gasteiger partial charge < -0.3 is 9.67 Å². The number of imidazole rings is 1. The quantitative estimate of drug-likeness (QED) is 0.753. The largest absolute Gasteiger partial charge is 0.379 e. The molecule has 0 fully saturated rings. The van der Waals surface area contributed by atoms with E-state index in [1.54, 1.807) is 6.20 Å². The molecule has 136 valence electrons. The lowest BCUT2D eigenvalue weighted by molar-refractivity contribution is 0.197. The van der Waals surface area contributed by atoms with Gasteiger partial charge in [0, 0.05) is 56.9 Å². The summed E-state index contributed by atoms with van der Waals surface area (Å²) in [6.07, 6.45) is 3.67. The summed E-state index contributed by atoms with van der Waals surface area (Å²) in [5, 5.41) is 15.2. The summed E-state index contributed by atoms with van der Waals surface area (Å²) in [5.74, 6) is 0.614. The maximum Gasteiger partial charge on any atom is 0.155 e. The number of aryl methyl sites for hydroxylation is 2. The molecule has 0 amide bonds. The summed E-state index contributed by atoms with van der Waals surface area (Å²) < 4.78 is 3.83. The third kappa shape index (κ3) is 3.40. The Bertz CT molecular complexity index is 899. The molecule has 1 aliphatic heterocycles. The van der Waals surface area contributed by atoms with Crippen LogP contribution in [0.1, 0.15) is 34.7 Å². The maximum atomic E-state index is 10.6. The van der Waals surface area contributed by atoms with E-state index < -0.39 is 6.10 Å². The first-order valence-electron chi connectivity index (χ1n) is 8.97. The zero-order valence-corrected chi connectivity index (χ0v) is 15.2. The van der Waals surface area contributed by atoms with E-state index in [-0.39, 0.29) is 0 Å². The van der Waals surface area contributed by atoms with Crippen LogP contribution in [0.5, 0.6) is 0 Å². The molecule has 0 unspecified atom stereocenters. The van der Waals surface area contributed by atoms with E-state index in [4.69, 9.17) is 0 Å². The zero-order valence-electron chi connectivity index (χ0n) is 15.2. The molecular formula is C19H24N6O. The average Bonchev–Trinajstić information content (AvgIpc) is 3.25. The van der Waals surface area contributed by atoms with Gasteiger partial charge in [0.05, 0.1) is 17.9 Å². The van der Waals surface area contributed by atoms with Crippen LogP contribution >= 0.6 is 0 Å². The summed E-state index contributed by atoms with van der Waals surface area (Å²) in [7, 11) is 1.88. The highest BCUT2D eigenvalue weighted by atomic mass is 16.3. The Hall–Kier alpha value is -2.51. The Morgan fingerprint density at radius 2 is 2.15 bits per heavy atom. The van der Waals surface area contributed by atoms with Crippen molar-refractivity contribution in [2.45, 2.75) is 32.5 Å². The van der Waals surface area contributed by atoms with Crippen LogP contribution in [0.2, 0.25) is 0 Å². The van der Waals surface area contributed by atoms with Gasteiger partial charge in [-0.15, -0.1) is 0 Å². The van der Waals surface area contributed by atoms with E-state index >= 15 is 0 Å². The Labute approximate surface area is 152 Å². The molecule has 7 heteroatoms. The number of aromatic nitrogens is 5. The van der Waals surface area contributed by atoms with Gasteiger partial charge in [0.1, 0.15) is 5.82 Å². The van der Waals surface area contributed by atoms with E-state index in [1.165, 1.54) is 0 Å². The normalized spacial score (nSPS) is 15.8. The molecule has 0 saturated carbocycles. The van der Waals surface area contributed by atoms with Gasteiger partial charge in [-0.3, -0.25) is 14.6 Å². The third-order valence-corrected chi connectivity index (χ3v) is 4.91. The van der Waals surface area contributed by atoms with E-state index in [1.807, 2.05) is 41.5 Å². The minimum atomic E-state index is -0.793. The number of aliphatic hydroxyl groups excluding tert-OH is 1. The third-order valence-electron chi connectivity index (χ3n) is 4.91. The summed E-state index contributed by atoms with van der Waals surface area (Å²) in [6, 6.07) is 8.17. The molecule has 4 rings (SSSR count). The molecule has 0 spiro atoms. The van der Waals surface area contributed by atoms with Crippen molar-refractivity contribution >= 4 is 0 Å². The number of nitrogens with zero attached hydrogens (tertiary/aromatic N) is 6. The summed E-state index contributed by atoms with van der Waals surface area (Å²) in [6.45, 7) is 5.63. The lowest BCUT2D eigenvalue weighted by atomic mass is 10.2. The smallest absolute Gasteiger partial charge is 0.155 e. The van der Waals surface area contributed by atoms with Crippen LogP contribution in [0.15, 0.2) is 36.7 Å². The second kappa shape index (κ2) is 7.01. The fraction of sp³-hybridized carbons (Fsp3) is 0.421. The SMILES string of the molecule is Cc1cccc(CCN2CCn3nc([C@H](O)c4nccn4C)cc3C2)n1. The highest BCUT2D eigenvalue weighted by Crippen LogP contribution is 2.22. The molecule has 0 aromatic carbocycles. The van der Waals surface area contributed by atoms with Gasteiger partial charge in [0.2, 0.25) is 0 Å². The Morgan fingerprint density at radius 1 is 1.27 bits per heavy atom. The zero-order chi connectivity index (χ0) is 18.1. The number of hydrogen-bond donors (Lipinski definition) is 1. The van der Waals surface area contributed by atoms with Crippen LogP contribution < -0.4 is 0 Å². The highest BCUT2D eigenvalue weighted by molar-refractivity contribution is 5.19. The van der Waals surface area contributed by atoms with Crippen molar-refractivity contribution in [3.63, 3.8) is 0 Å². The van der Waals surface area contributed by atoms with Crippen molar-refractivity contribution < 1.29 is 5.11 Å². The predicted molar refractivity (Wildman–Crippen MR) is 97.5 cm³/mol. The van der Waals surface area contributed by atoms with Gasteiger partial charge in [-0.05, 0) is 25.1 Å². The van der Waals surface area contributed by atoms with Crippen molar-refractivity contribution in [3.8, 4) is 0 Å². The standard InChI is InChI=1S/C19H24N6O/c1-14-4-3-5-15(21-14)6-8-24-10-11-25-16(13-24)12-17(22-25)18(26)19-20-7-9-23(19)2/h3-5,7,9,12,18,26H,6,8,10-11,13H2,1-2H3/t18-/m0/s1. The van der Waals surface area contributed by atoms with E-state index in [9.17, 15) is 5.11 Å². The van der Waals surface area contributed by atoms with E-state index in [0.717, 1.165) is 49.7 Å². The number of rotatable bonds is 5. The van der Waals surface area contributed by atoms with Crippen molar-refractivity contribution in [3.05, 3.63) is 65.3 Å². The first-order chi connectivity index (χ1) is 12.6. The van der Waals surface area contributed by atoms with Gasteiger partial charge in [-0.1, -0.05) is 6.07 Å². The topological polar surface area (TPSA) is 72.0 Å². The first kappa shape index (κ1) is 16.9. The molecule has 7 nitrogen and oxygen atoms in total. The summed E-state index contributed by atoms with van der Waals surface area (Å²) in [5.41, 5.74) is 4.00. The number of aliphatic hydroxyl groups is 1. The fourth-order valence-electron chi connectivity index (χ4n) is 3.45. The first-order valence-corrected chi connectivity index (χ1v) is 8.97. The number of fused-ring (bicyclic) bond motifs is 1. The number of hydrogen-bond acceptors (Lipinski definition) is 5. The predicted octanol–water partition coefficient (Wildman–Crippen LogP) is 1.46. The van der Waals surface area contributed by atoms with Gasteiger partial charge >= 0.3 is 0 Å². The van der Waals surface area contributed by atoms with Gasteiger partial charge in [-0.2, -0.15) is 5.10 Å². The molecule has 0 bridgehead atoms. The molecule has 1 atom stereocenters. The Balaban J connectivity index is 1.42. The van der Waals surface area contributed by atoms with E-state index in [2.05, 4.69) is 32.1 Å².